The van der Waals surface area contributed by atoms with E-state index >= 15 is 0 Å². The number of alkyl carbamates (subject to hydrolysis) is 1. The van der Waals surface area contributed by atoms with Crippen molar-refractivity contribution in [2.24, 2.45) is 5.92 Å². The summed E-state index contributed by atoms with van der Waals surface area (Å²) in [5.41, 5.74) is -2.29. The van der Waals surface area contributed by atoms with Gasteiger partial charge in [0.15, 0.2) is 0 Å². The Hall–Kier alpha value is -3.88. The van der Waals surface area contributed by atoms with Crippen molar-refractivity contribution in [3.63, 3.8) is 0 Å². The van der Waals surface area contributed by atoms with Crippen molar-refractivity contribution in [2.75, 3.05) is 13.2 Å². The first-order valence-electron chi connectivity index (χ1n) is 17.2. The normalized spacial score (nSPS) is 29.1. The predicted molar refractivity (Wildman–Crippen MR) is 179 cm³/mol. The SMILES string of the molecule is CCOc1cc(O[C@@H]2C[C@H]3C(=O)N[C@]4(C(=O)NS(=O)(=O)C5(C)CC5)C[C@H]4/C=C\CCCCC[C@H](NC(=O)OC(C)(C)C)C(=O)N3C2)ccn1. The summed E-state index contributed by atoms with van der Waals surface area (Å²) in [6.07, 6.45) is 8.38. The smallest absolute Gasteiger partial charge is 0.408 e. The van der Waals surface area contributed by atoms with E-state index in [9.17, 15) is 27.6 Å². The Morgan fingerprint density at radius 3 is 2.61 bits per heavy atom. The monoisotopic (exact) mass is 703 g/mol. The summed E-state index contributed by atoms with van der Waals surface area (Å²) in [6, 6.07) is 1.21. The van der Waals surface area contributed by atoms with Crippen LogP contribution in [-0.2, 0) is 29.1 Å². The topological polar surface area (TPSA) is 182 Å². The number of carbonyl (C=O) groups is 4. The number of ether oxygens (including phenoxy) is 3. The molecule has 0 bridgehead atoms. The molecule has 0 aromatic carbocycles. The number of allylic oxidation sites excluding steroid dienone is 1. The molecule has 5 rings (SSSR count). The second kappa shape index (κ2) is 14.2. The fourth-order valence-electron chi connectivity index (χ4n) is 6.28. The summed E-state index contributed by atoms with van der Waals surface area (Å²) in [5, 5.41) is 5.59. The van der Waals surface area contributed by atoms with Gasteiger partial charge in [-0.15, -0.1) is 0 Å². The molecule has 2 aliphatic heterocycles. The third kappa shape index (κ3) is 8.65. The minimum atomic E-state index is -3.97. The molecule has 2 saturated carbocycles. The maximum absolute atomic E-state index is 14.3. The molecule has 0 unspecified atom stereocenters. The van der Waals surface area contributed by atoms with Gasteiger partial charge in [-0.25, -0.2) is 18.2 Å². The quantitative estimate of drug-likeness (QED) is 0.340. The first kappa shape index (κ1) is 36.4. The van der Waals surface area contributed by atoms with Crippen molar-refractivity contribution in [3.05, 3.63) is 30.5 Å². The van der Waals surface area contributed by atoms with E-state index in [2.05, 4.69) is 20.3 Å². The number of fused-ring (bicyclic) bond motifs is 2. The molecule has 270 valence electrons. The van der Waals surface area contributed by atoms with Crippen LogP contribution in [0, 0.1) is 5.92 Å². The van der Waals surface area contributed by atoms with Gasteiger partial charge in [-0.05, 0) is 79.2 Å². The highest BCUT2D eigenvalue weighted by atomic mass is 32.2. The van der Waals surface area contributed by atoms with Gasteiger partial charge >= 0.3 is 6.09 Å². The second-order valence-corrected chi connectivity index (χ2v) is 16.9. The van der Waals surface area contributed by atoms with Crippen molar-refractivity contribution >= 4 is 33.8 Å². The van der Waals surface area contributed by atoms with E-state index in [1.165, 1.54) is 11.1 Å². The van der Waals surface area contributed by atoms with Crippen molar-refractivity contribution in [1.82, 2.24) is 25.2 Å². The lowest BCUT2D eigenvalue weighted by molar-refractivity contribution is -0.141. The van der Waals surface area contributed by atoms with E-state index in [1.54, 1.807) is 39.8 Å². The van der Waals surface area contributed by atoms with Gasteiger partial charge in [0.25, 0.3) is 5.91 Å². The molecule has 4 amide bonds. The summed E-state index contributed by atoms with van der Waals surface area (Å²) in [7, 11) is -3.97. The van der Waals surface area contributed by atoms with Crippen LogP contribution < -0.4 is 24.8 Å². The van der Waals surface area contributed by atoms with Crippen LogP contribution in [0.2, 0.25) is 0 Å². The molecule has 2 aliphatic carbocycles. The molecule has 14 nitrogen and oxygen atoms in total. The molecular weight excluding hydrogens is 654 g/mol. The summed E-state index contributed by atoms with van der Waals surface area (Å²) in [6.45, 7) is 9.02. The summed E-state index contributed by atoms with van der Waals surface area (Å²) in [4.78, 5) is 60.6. The van der Waals surface area contributed by atoms with Crippen LogP contribution in [0.1, 0.15) is 92.4 Å². The summed E-state index contributed by atoms with van der Waals surface area (Å²) in [5.74, 6) is -1.51. The highest BCUT2D eigenvalue weighted by molar-refractivity contribution is 7.91. The van der Waals surface area contributed by atoms with Gasteiger partial charge in [0, 0.05) is 24.6 Å². The number of aromatic nitrogens is 1. The van der Waals surface area contributed by atoms with Crippen LogP contribution in [0.3, 0.4) is 0 Å². The van der Waals surface area contributed by atoms with Gasteiger partial charge in [0.05, 0.1) is 17.9 Å². The van der Waals surface area contributed by atoms with Crippen LogP contribution in [0.4, 0.5) is 4.79 Å². The second-order valence-electron chi connectivity index (χ2n) is 14.7. The third-order valence-corrected chi connectivity index (χ3v) is 11.6. The molecule has 0 radical (unpaired) electrons. The lowest BCUT2D eigenvalue weighted by Crippen LogP contribution is -2.58. The van der Waals surface area contributed by atoms with Gasteiger partial charge in [0.1, 0.15) is 35.1 Å². The largest absolute Gasteiger partial charge is 0.488 e. The molecule has 4 aliphatic rings. The number of carbonyl (C=O) groups excluding carboxylic acids is 4. The van der Waals surface area contributed by atoms with E-state index in [1.807, 2.05) is 19.1 Å². The molecular formula is C34H49N5O9S. The molecule has 5 atom stereocenters. The van der Waals surface area contributed by atoms with E-state index in [-0.39, 0.29) is 19.4 Å². The van der Waals surface area contributed by atoms with E-state index in [0.29, 0.717) is 50.3 Å². The average molecular weight is 704 g/mol. The van der Waals surface area contributed by atoms with Crippen molar-refractivity contribution in [1.29, 1.82) is 0 Å². The Kier molecular flexibility index (Phi) is 10.5. The number of nitrogens with zero attached hydrogens (tertiary/aromatic N) is 2. The maximum Gasteiger partial charge on any atom is 0.408 e. The van der Waals surface area contributed by atoms with Crippen molar-refractivity contribution in [2.45, 2.75) is 126 Å². The maximum atomic E-state index is 14.3. The van der Waals surface area contributed by atoms with Gasteiger partial charge in [-0.2, -0.15) is 0 Å². The Morgan fingerprint density at radius 2 is 1.92 bits per heavy atom. The zero-order valence-electron chi connectivity index (χ0n) is 29.0. The number of amides is 4. The summed E-state index contributed by atoms with van der Waals surface area (Å²) >= 11 is 0. The molecule has 1 aromatic heterocycles. The lowest BCUT2D eigenvalue weighted by atomic mass is 10.0. The highest BCUT2D eigenvalue weighted by Gasteiger charge is 2.63. The zero-order chi connectivity index (χ0) is 35.6. The lowest BCUT2D eigenvalue weighted by Gasteiger charge is -2.30. The number of sulfonamides is 1. The van der Waals surface area contributed by atoms with Crippen LogP contribution >= 0.6 is 0 Å². The molecule has 3 N–H and O–H groups in total. The number of rotatable bonds is 8. The standard InChI is InChI=1S/C34H49N5O9S/c1-6-46-27-19-23(14-17-35-27)47-24-18-26-28(40)37-34(30(42)38-49(44,45)33(5)15-16-33)20-22(34)12-10-8-7-9-11-13-25(29(41)39(26)21-24)36-31(43)48-32(2,3)4/h10,12,14,17,19,22,24-26H,6-9,11,13,15-16,18,20-21H2,1-5H3,(H,36,43)(H,37,40)(H,38,42)/b12-10-/t22-,24-,25+,26+,34-/m1/s1. The molecule has 15 heteroatoms. The summed E-state index contributed by atoms with van der Waals surface area (Å²) < 4.78 is 44.5. The van der Waals surface area contributed by atoms with E-state index in [0.717, 1.165) is 12.8 Å². The van der Waals surface area contributed by atoms with Gasteiger partial charge in [-0.3, -0.25) is 19.1 Å². The van der Waals surface area contributed by atoms with Gasteiger partial charge in [-0.1, -0.05) is 25.0 Å². The Morgan fingerprint density at radius 1 is 1.16 bits per heavy atom. The number of pyridine rings is 1. The average Bonchev–Trinajstić information content (AvgIpc) is 3.89. The third-order valence-electron chi connectivity index (χ3n) is 9.47. The molecule has 0 spiro atoms. The molecule has 49 heavy (non-hydrogen) atoms. The van der Waals surface area contributed by atoms with Crippen LogP contribution in [0.5, 0.6) is 11.6 Å². The number of hydrogen-bond donors (Lipinski definition) is 3. The van der Waals surface area contributed by atoms with Crippen LogP contribution in [0.25, 0.3) is 0 Å². The molecule has 3 fully saturated rings. The van der Waals surface area contributed by atoms with Gasteiger partial charge in [0.2, 0.25) is 27.7 Å². The zero-order valence-corrected chi connectivity index (χ0v) is 29.8. The first-order chi connectivity index (χ1) is 23.1. The van der Waals surface area contributed by atoms with Crippen molar-refractivity contribution < 1.29 is 41.8 Å². The van der Waals surface area contributed by atoms with E-state index in [4.69, 9.17) is 14.2 Å². The Labute approximate surface area is 288 Å². The fourth-order valence-corrected chi connectivity index (χ4v) is 7.59. The Bertz CT molecular complexity index is 1570. The van der Waals surface area contributed by atoms with Crippen LogP contribution in [0.15, 0.2) is 30.5 Å². The minimum Gasteiger partial charge on any atom is -0.488 e. The minimum absolute atomic E-state index is 0.0188. The van der Waals surface area contributed by atoms with Crippen molar-refractivity contribution in [3.8, 4) is 11.6 Å². The fraction of sp³-hybridized carbons (Fsp3) is 0.676. The molecule has 1 saturated heterocycles. The number of hydrogen-bond acceptors (Lipinski definition) is 10. The highest BCUT2D eigenvalue weighted by Crippen LogP contribution is 2.47. The van der Waals surface area contributed by atoms with Crippen LogP contribution in [-0.4, -0.2) is 89.3 Å². The Balaban J connectivity index is 1.43. The van der Waals surface area contributed by atoms with E-state index < -0.39 is 73.8 Å². The molecule has 1 aromatic rings. The number of nitrogens with one attached hydrogen (secondary N) is 3. The first-order valence-corrected chi connectivity index (χ1v) is 18.6. The predicted octanol–water partition coefficient (Wildman–Crippen LogP) is 3.12. The van der Waals surface area contributed by atoms with Gasteiger partial charge < -0.3 is 29.7 Å². The molecule has 3 heterocycles.